The van der Waals surface area contributed by atoms with Gasteiger partial charge in [0.15, 0.2) is 11.6 Å². The lowest BCUT2D eigenvalue weighted by atomic mass is 10.1. The molecule has 0 saturated carbocycles. The van der Waals surface area contributed by atoms with Gasteiger partial charge in [-0.25, -0.2) is 9.37 Å². The first-order valence-corrected chi connectivity index (χ1v) is 7.66. The molecule has 0 saturated heterocycles. The number of benzene rings is 2. The number of halogens is 2. The van der Waals surface area contributed by atoms with Crippen LogP contribution in [0.1, 0.15) is 0 Å². The van der Waals surface area contributed by atoms with Gasteiger partial charge in [0, 0.05) is 22.7 Å². The normalized spacial score (nSPS) is 10.6. The summed E-state index contributed by atoms with van der Waals surface area (Å²) in [7, 11) is 0. The molecule has 1 aromatic heterocycles. The molecule has 0 aliphatic heterocycles. The van der Waals surface area contributed by atoms with E-state index in [1.807, 2.05) is 12.1 Å². The molecule has 0 fully saturated rings. The lowest BCUT2D eigenvalue weighted by Gasteiger charge is -2.10. The van der Waals surface area contributed by atoms with Gasteiger partial charge < -0.3 is 10.4 Å². The predicted octanol–water partition coefficient (Wildman–Crippen LogP) is 3.40. The first kappa shape index (κ1) is 16.3. The molecule has 0 aliphatic carbocycles. The van der Waals surface area contributed by atoms with Crippen molar-refractivity contribution in [2.45, 2.75) is 0 Å². The Morgan fingerprint density at radius 3 is 2.29 bits per heavy atom. The van der Waals surface area contributed by atoms with Crippen LogP contribution in [0.5, 0.6) is 0 Å². The van der Waals surface area contributed by atoms with Gasteiger partial charge in [0.25, 0.3) is 0 Å². The molecule has 7 heteroatoms. The summed E-state index contributed by atoms with van der Waals surface area (Å²) in [5.41, 5.74) is 2.00. The highest BCUT2D eigenvalue weighted by Gasteiger charge is 2.12. The molecule has 0 amide bonds. The van der Waals surface area contributed by atoms with Crippen molar-refractivity contribution in [2.24, 2.45) is 0 Å². The maximum absolute atomic E-state index is 13.1. The molecule has 0 unspecified atom stereocenters. The summed E-state index contributed by atoms with van der Waals surface area (Å²) in [5, 5.41) is 21.1. The standard InChI is InChI=1S/C17H14ClFN4O/c18-13-5-1-11(2-6-13)15-17(20-9-10-24)21-16(23-22-15)12-3-7-14(19)8-4-12/h1-8,24H,9-10H2,(H,20,21,23). The second-order valence-corrected chi connectivity index (χ2v) is 5.43. The lowest BCUT2D eigenvalue weighted by molar-refractivity contribution is 0.311. The number of nitrogens with zero attached hydrogens (tertiary/aromatic N) is 3. The molecule has 2 N–H and O–H groups in total. The highest BCUT2D eigenvalue weighted by Crippen LogP contribution is 2.27. The topological polar surface area (TPSA) is 70.9 Å². The van der Waals surface area contributed by atoms with Crippen molar-refractivity contribution >= 4 is 17.4 Å². The number of nitrogens with one attached hydrogen (secondary N) is 1. The number of aliphatic hydroxyl groups is 1. The van der Waals surface area contributed by atoms with Crippen LogP contribution in [0.4, 0.5) is 10.2 Å². The molecule has 3 rings (SSSR count). The van der Waals surface area contributed by atoms with E-state index in [9.17, 15) is 4.39 Å². The third-order valence-corrected chi connectivity index (χ3v) is 3.56. The molecule has 0 atom stereocenters. The quantitative estimate of drug-likeness (QED) is 0.742. The molecule has 0 spiro atoms. The molecule has 0 bridgehead atoms. The summed E-state index contributed by atoms with van der Waals surface area (Å²) in [6.07, 6.45) is 0. The number of hydrogen-bond donors (Lipinski definition) is 2. The van der Waals surface area contributed by atoms with E-state index in [4.69, 9.17) is 16.7 Å². The molecular weight excluding hydrogens is 331 g/mol. The minimum absolute atomic E-state index is 0.0457. The Morgan fingerprint density at radius 2 is 1.62 bits per heavy atom. The lowest BCUT2D eigenvalue weighted by Crippen LogP contribution is -2.10. The monoisotopic (exact) mass is 344 g/mol. The summed E-state index contributed by atoms with van der Waals surface area (Å²) in [6, 6.07) is 13.0. The Hall–Kier alpha value is -2.57. The van der Waals surface area contributed by atoms with Crippen LogP contribution in [0.25, 0.3) is 22.6 Å². The molecule has 5 nitrogen and oxygen atoms in total. The fourth-order valence-corrected chi connectivity index (χ4v) is 2.27. The van der Waals surface area contributed by atoms with Gasteiger partial charge >= 0.3 is 0 Å². The largest absolute Gasteiger partial charge is 0.395 e. The van der Waals surface area contributed by atoms with E-state index < -0.39 is 0 Å². The maximum Gasteiger partial charge on any atom is 0.183 e. The number of aliphatic hydroxyl groups excluding tert-OH is 1. The number of anilines is 1. The van der Waals surface area contributed by atoms with Gasteiger partial charge in [-0.1, -0.05) is 23.7 Å². The molecular formula is C17H14ClFN4O. The average Bonchev–Trinajstić information content (AvgIpc) is 2.61. The molecule has 3 aromatic rings. The Kier molecular flexibility index (Phi) is 4.98. The highest BCUT2D eigenvalue weighted by molar-refractivity contribution is 6.30. The summed E-state index contributed by atoms with van der Waals surface area (Å²) in [6.45, 7) is 0.276. The summed E-state index contributed by atoms with van der Waals surface area (Å²) in [5.74, 6) is 0.525. The Labute approximate surface area is 143 Å². The van der Waals surface area contributed by atoms with Crippen molar-refractivity contribution in [3.63, 3.8) is 0 Å². The van der Waals surface area contributed by atoms with Crippen molar-refractivity contribution in [3.8, 4) is 22.6 Å². The van der Waals surface area contributed by atoms with Gasteiger partial charge in [-0.05, 0) is 36.4 Å². The molecule has 1 heterocycles. The Morgan fingerprint density at radius 1 is 0.958 bits per heavy atom. The Balaban J connectivity index is 2.02. The number of rotatable bonds is 5. The van der Waals surface area contributed by atoms with Gasteiger partial charge in [0.05, 0.1) is 6.61 Å². The minimum Gasteiger partial charge on any atom is -0.395 e. The third-order valence-electron chi connectivity index (χ3n) is 3.31. The van der Waals surface area contributed by atoms with E-state index >= 15 is 0 Å². The molecule has 24 heavy (non-hydrogen) atoms. The third kappa shape index (κ3) is 3.67. The van der Waals surface area contributed by atoms with E-state index in [-0.39, 0.29) is 12.4 Å². The van der Waals surface area contributed by atoms with E-state index in [0.717, 1.165) is 5.56 Å². The van der Waals surface area contributed by atoms with E-state index in [1.165, 1.54) is 12.1 Å². The van der Waals surface area contributed by atoms with Gasteiger partial charge in [-0.15, -0.1) is 10.2 Å². The SMILES string of the molecule is OCCNc1nc(-c2ccc(F)cc2)nnc1-c1ccc(Cl)cc1. The van der Waals surface area contributed by atoms with Crippen LogP contribution in [0, 0.1) is 5.82 Å². The zero-order valence-corrected chi connectivity index (χ0v) is 13.3. The first-order valence-electron chi connectivity index (χ1n) is 7.28. The van der Waals surface area contributed by atoms with E-state index in [0.29, 0.717) is 34.5 Å². The highest BCUT2D eigenvalue weighted by atomic mass is 35.5. The smallest absolute Gasteiger partial charge is 0.183 e. The second kappa shape index (κ2) is 7.33. The van der Waals surface area contributed by atoms with Gasteiger partial charge in [-0.2, -0.15) is 0 Å². The molecule has 0 aliphatic rings. The van der Waals surface area contributed by atoms with Crippen LogP contribution in [0.15, 0.2) is 48.5 Å². The number of hydrogen-bond acceptors (Lipinski definition) is 5. The average molecular weight is 345 g/mol. The van der Waals surface area contributed by atoms with Crippen LogP contribution < -0.4 is 5.32 Å². The van der Waals surface area contributed by atoms with Crippen molar-refractivity contribution in [1.29, 1.82) is 0 Å². The van der Waals surface area contributed by atoms with Crippen molar-refractivity contribution in [3.05, 3.63) is 59.4 Å². The molecule has 122 valence electrons. The van der Waals surface area contributed by atoms with Gasteiger partial charge in [-0.3, -0.25) is 0 Å². The Bertz CT molecular complexity index is 825. The van der Waals surface area contributed by atoms with Crippen LogP contribution in [0.2, 0.25) is 5.02 Å². The van der Waals surface area contributed by atoms with E-state index in [1.54, 1.807) is 24.3 Å². The van der Waals surface area contributed by atoms with Crippen LogP contribution in [0.3, 0.4) is 0 Å². The fourth-order valence-electron chi connectivity index (χ4n) is 2.15. The fraction of sp³-hybridized carbons (Fsp3) is 0.118. The minimum atomic E-state index is -0.330. The second-order valence-electron chi connectivity index (χ2n) is 5.00. The van der Waals surface area contributed by atoms with Crippen LogP contribution in [-0.2, 0) is 0 Å². The zero-order valence-electron chi connectivity index (χ0n) is 12.6. The van der Waals surface area contributed by atoms with Crippen molar-refractivity contribution in [1.82, 2.24) is 15.2 Å². The van der Waals surface area contributed by atoms with Crippen molar-refractivity contribution < 1.29 is 9.50 Å². The summed E-state index contributed by atoms with van der Waals surface area (Å²) >= 11 is 5.91. The zero-order chi connectivity index (χ0) is 16.9. The molecule has 2 aromatic carbocycles. The summed E-state index contributed by atoms with van der Waals surface area (Å²) in [4.78, 5) is 4.46. The van der Waals surface area contributed by atoms with Crippen LogP contribution in [-0.4, -0.2) is 33.4 Å². The van der Waals surface area contributed by atoms with Gasteiger partial charge in [0.2, 0.25) is 0 Å². The van der Waals surface area contributed by atoms with E-state index in [2.05, 4.69) is 20.5 Å². The predicted molar refractivity (Wildman–Crippen MR) is 91.2 cm³/mol. The van der Waals surface area contributed by atoms with Crippen LogP contribution >= 0.6 is 11.6 Å². The van der Waals surface area contributed by atoms with Gasteiger partial charge in [0.1, 0.15) is 11.5 Å². The molecule has 0 radical (unpaired) electrons. The number of aromatic nitrogens is 3. The summed E-state index contributed by atoms with van der Waals surface area (Å²) < 4.78 is 13.1. The van der Waals surface area contributed by atoms with Crippen molar-refractivity contribution in [2.75, 3.05) is 18.5 Å². The maximum atomic E-state index is 13.1. The first-order chi connectivity index (χ1) is 11.7.